The van der Waals surface area contributed by atoms with Crippen molar-refractivity contribution in [2.45, 2.75) is 77.2 Å². The standard InChI is InChI=1S/C28H38N2O6/c1-3-4-7-20-16-26(33)36-27-19(2)23(10-9-22(20)27)35-18-24(31)29-14-11-25(32)30-15-13-28(34)12-6-5-8-21(28)17-30/h9-10,16,21,34H,3-8,11-15,17-18H2,1-2H3,(H,29,31)/t21-,28-/m1/s1. The summed E-state index contributed by atoms with van der Waals surface area (Å²) in [4.78, 5) is 38.9. The van der Waals surface area contributed by atoms with Gasteiger partial charge in [0.25, 0.3) is 5.91 Å². The summed E-state index contributed by atoms with van der Waals surface area (Å²) >= 11 is 0. The minimum absolute atomic E-state index is 0.00289. The SMILES string of the molecule is CCCCc1cc(=O)oc2c(C)c(OCC(=O)NCCC(=O)N3CC[C@]4(O)CCCC[C@@H]4C3)ccc12. The molecule has 8 nitrogen and oxygen atoms in total. The van der Waals surface area contributed by atoms with Gasteiger partial charge in [-0.3, -0.25) is 9.59 Å². The summed E-state index contributed by atoms with van der Waals surface area (Å²) in [6, 6.07) is 5.22. The van der Waals surface area contributed by atoms with E-state index in [4.69, 9.17) is 9.15 Å². The second-order valence-electron chi connectivity index (χ2n) is 10.3. The van der Waals surface area contributed by atoms with Crippen LogP contribution in [0.5, 0.6) is 5.75 Å². The molecule has 196 valence electrons. The number of nitrogens with zero attached hydrogens (tertiary/aromatic N) is 1. The molecule has 2 aliphatic rings. The van der Waals surface area contributed by atoms with Crippen LogP contribution < -0.4 is 15.7 Å². The van der Waals surface area contributed by atoms with E-state index in [1.54, 1.807) is 12.1 Å². The normalized spacial score (nSPS) is 21.8. The van der Waals surface area contributed by atoms with Crippen molar-refractivity contribution in [1.82, 2.24) is 10.2 Å². The molecule has 8 heteroatoms. The molecule has 2 fully saturated rings. The van der Waals surface area contributed by atoms with Crippen LogP contribution in [0.15, 0.2) is 27.4 Å². The van der Waals surface area contributed by atoms with E-state index in [1.165, 1.54) is 0 Å². The molecular weight excluding hydrogens is 460 g/mol. The molecule has 0 unspecified atom stereocenters. The first kappa shape index (κ1) is 26.2. The minimum atomic E-state index is -0.610. The first-order valence-corrected chi connectivity index (χ1v) is 13.3. The maximum Gasteiger partial charge on any atom is 0.336 e. The molecule has 2 N–H and O–H groups in total. The fourth-order valence-electron chi connectivity index (χ4n) is 5.60. The lowest BCUT2D eigenvalue weighted by Crippen LogP contribution is -2.54. The molecule has 1 aliphatic carbocycles. The highest BCUT2D eigenvalue weighted by Gasteiger charge is 2.43. The fourth-order valence-corrected chi connectivity index (χ4v) is 5.60. The van der Waals surface area contributed by atoms with E-state index in [1.807, 2.05) is 17.9 Å². The Kier molecular flexibility index (Phi) is 8.34. The fraction of sp³-hybridized carbons (Fsp3) is 0.607. The number of carbonyl (C=O) groups excluding carboxylic acids is 2. The maximum absolute atomic E-state index is 12.7. The number of nitrogens with one attached hydrogen (secondary N) is 1. The molecule has 1 saturated carbocycles. The number of carbonyl (C=O) groups is 2. The summed E-state index contributed by atoms with van der Waals surface area (Å²) in [5.41, 5.74) is 1.13. The van der Waals surface area contributed by atoms with Gasteiger partial charge in [-0.25, -0.2) is 4.79 Å². The first-order valence-electron chi connectivity index (χ1n) is 13.3. The summed E-state index contributed by atoms with van der Waals surface area (Å²) in [5, 5.41) is 14.4. The molecule has 4 rings (SSSR count). The Morgan fingerprint density at radius 1 is 1.28 bits per heavy atom. The molecule has 1 aromatic heterocycles. The molecule has 2 aromatic rings. The van der Waals surface area contributed by atoms with Gasteiger partial charge < -0.3 is 24.5 Å². The van der Waals surface area contributed by atoms with E-state index >= 15 is 0 Å². The molecule has 1 aromatic carbocycles. The Labute approximate surface area is 212 Å². The Balaban J connectivity index is 1.26. The topological polar surface area (TPSA) is 109 Å². The van der Waals surface area contributed by atoms with E-state index < -0.39 is 11.2 Å². The molecule has 2 heterocycles. The predicted octanol–water partition coefficient (Wildman–Crippen LogP) is 3.48. The van der Waals surface area contributed by atoms with Crippen molar-refractivity contribution in [2.75, 3.05) is 26.2 Å². The van der Waals surface area contributed by atoms with Crippen molar-refractivity contribution in [2.24, 2.45) is 5.92 Å². The number of amides is 2. The van der Waals surface area contributed by atoms with E-state index in [2.05, 4.69) is 12.2 Å². The average Bonchev–Trinajstić information content (AvgIpc) is 2.86. The van der Waals surface area contributed by atoms with Gasteiger partial charge in [-0.1, -0.05) is 26.2 Å². The second-order valence-corrected chi connectivity index (χ2v) is 10.3. The van der Waals surface area contributed by atoms with Crippen molar-refractivity contribution in [3.8, 4) is 5.75 Å². The summed E-state index contributed by atoms with van der Waals surface area (Å²) in [6.45, 7) is 5.13. The summed E-state index contributed by atoms with van der Waals surface area (Å²) < 4.78 is 11.2. The van der Waals surface area contributed by atoms with Gasteiger partial charge in [0.2, 0.25) is 5.91 Å². The monoisotopic (exact) mass is 498 g/mol. The third-order valence-electron chi connectivity index (χ3n) is 7.80. The van der Waals surface area contributed by atoms with Crippen LogP contribution in [-0.2, 0) is 16.0 Å². The maximum atomic E-state index is 12.7. The van der Waals surface area contributed by atoms with Crippen LogP contribution in [0.2, 0.25) is 0 Å². The number of fused-ring (bicyclic) bond motifs is 2. The van der Waals surface area contributed by atoms with Crippen LogP contribution in [-0.4, -0.2) is 53.7 Å². The van der Waals surface area contributed by atoms with Gasteiger partial charge in [0.1, 0.15) is 11.3 Å². The van der Waals surface area contributed by atoms with Crippen LogP contribution in [0, 0.1) is 12.8 Å². The van der Waals surface area contributed by atoms with Gasteiger partial charge >= 0.3 is 5.63 Å². The number of rotatable bonds is 9. The predicted molar refractivity (Wildman–Crippen MR) is 137 cm³/mol. The number of unbranched alkanes of at least 4 members (excludes halogenated alkanes) is 1. The Morgan fingerprint density at radius 2 is 2.11 bits per heavy atom. The van der Waals surface area contributed by atoms with Crippen LogP contribution in [0.25, 0.3) is 11.0 Å². The number of hydrogen-bond acceptors (Lipinski definition) is 6. The van der Waals surface area contributed by atoms with Crippen molar-refractivity contribution < 1.29 is 23.8 Å². The highest BCUT2D eigenvalue weighted by molar-refractivity contribution is 5.85. The number of ether oxygens (including phenoxy) is 1. The number of likely N-dealkylation sites (tertiary alicyclic amines) is 1. The molecule has 1 aliphatic heterocycles. The zero-order valence-corrected chi connectivity index (χ0v) is 21.4. The smallest absolute Gasteiger partial charge is 0.336 e. The highest BCUT2D eigenvalue weighted by Crippen LogP contribution is 2.39. The van der Waals surface area contributed by atoms with E-state index in [0.717, 1.165) is 55.9 Å². The van der Waals surface area contributed by atoms with Gasteiger partial charge in [-0.2, -0.15) is 0 Å². The molecule has 0 bridgehead atoms. The van der Waals surface area contributed by atoms with Gasteiger partial charge in [0.15, 0.2) is 6.61 Å². The Bertz CT molecular complexity index is 1160. The van der Waals surface area contributed by atoms with Gasteiger partial charge in [0.05, 0.1) is 5.60 Å². The molecule has 36 heavy (non-hydrogen) atoms. The first-order chi connectivity index (χ1) is 17.3. The number of aliphatic hydroxyl groups is 1. The third kappa shape index (κ3) is 5.91. The van der Waals surface area contributed by atoms with Gasteiger partial charge in [0, 0.05) is 49.0 Å². The second kappa shape index (κ2) is 11.5. The van der Waals surface area contributed by atoms with Crippen LogP contribution in [0.1, 0.15) is 69.4 Å². The van der Waals surface area contributed by atoms with Gasteiger partial charge in [-0.15, -0.1) is 0 Å². The third-order valence-corrected chi connectivity index (χ3v) is 7.80. The number of hydrogen-bond donors (Lipinski definition) is 2. The zero-order chi connectivity index (χ0) is 25.7. The number of piperidine rings is 1. The number of aryl methyl sites for hydroxylation is 2. The highest BCUT2D eigenvalue weighted by atomic mass is 16.5. The van der Waals surface area contributed by atoms with Crippen LogP contribution >= 0.6 is 0 Å². The Hall–Kier alpha value is -2.87. The van der Waals surface area contributed by atoms with E-state index in [-0.39, 0.29) is 37.3 Å². The largest absolute Gasteiger partial charge is 0.483 e. The van der Waals surface area contributed by atoms with Crippen LogP contribution in [0.3, 0.4) is 0 Å². The average molecular weight is 499 g/mol. The van der Waals surface area contributed by atoms with E-state index in [0.29, 0.717) is 36.4 Å². The van der Waals surface area contributed by atoms with Crippen molar-refractivity contribution in [3.63, 3.8) is 0 Å². The Morgan fingerprint density at radius 3 is 2.92 bits per heavy atom. The molecule has 0 spiro atoms. The molecule has 2 atom stereocenters. The molecular formula is C28H38N2O6. The summed E-state index contributed by atoms with van der Waals surface area (Å²) in [6.07, 6.45) is 7.63. The van der Waals surface area contributed by atoms with Crippen molar-refractivity contribution in [1.29, 1.82) is 0 Å². The van der Waals surface area contributed by atoms with E-state index in [9.17, 15) is 19.5 Å². The molecule has 0 radical (unpaired) electrons. The lowest BCUT2D eigenvalue weighted by Gasteiger charge is -2.47. The zero-order valence-electron chi connectivity index (χ0n) is 21.4. The van der Waals surface area contributed by atoms with Crippen molar-refractivity contribution >= 4 is 22.8 Å². The molecule has 2 amide bonds. The quantitative estimate of drug-likeness (QED) is 0.513. The summed E-state index contributed by atoms with van der Waals surface area (Å²) in [5.74, 6) is 0.325. The summed E-state index contributed by atoms with van der Waals surface area (Å²) in [7, 11) is 0. The lowest BCUT2D eigenvalue weighted by molar-refractivity contribution is -0.143. The van der Waals surface area contributed by atoms with Gasteiger partial charge in [-0.05, 0) is 56.7 Å². The lowest BCUT2D eigenvalue weighted by atomic mass is 9.71. The molecule has 1 saturated heterocycles. The number of benzene rings is 1. The van der Waals surface area contributed by atoms with Crippen molar-refractivity contribution in [3.05, 3.63) is 39.7 Å². The minimum Gasteiger partial charge on any atom is -0.483 e. The van der Waals surface area contributed by atoms with Crippen LogP contribution in [0.4, 0.5) is 0 Å².